The van der Waals surface area contributed by atoms with Gasteiger partial charge in [-0.2, -0.15) is 11.3 Å². The Labute approximate surface area is 132 Å². The predicted octanol–water partition coefficient (Wildman–Crippen LogP) is 3.27. The first-order valence-corrected chi connectivity index (χ1v) is 8.94. The van der Waals surface area contributed by atoms with E-state index in [0.717, 1.165) is 5.56 Å². The zero-order valence-electron chi connectivity index (χ0n) is 11.5. The molecule has 0 spiro atoms. The summed E-state index contributed by atoms with van der Waals surface area (Å²) in [5, 5.41) is 3.31. The number of sulfonamides is 1. The van der Waals surface area contributed by atoms with Crippen molar-refractivity contribution in [2.45, 2.75) is 11.4 Å². The van der Waals surface area contributed by atoms with E-state index < -0.39 is 10.0 Å². The van der Waals surface area contributed by atoms with Gasteiger partial charge in [0, 0.05) is 17.5 Å². The number of nitrogens with one attached hydrogen (secondary N) is 1. The number of benzene rings is 1. The van der Waals surface area contributed by atoms with E-state index in [2.05, 4.69) is 4.72 Å². The summed E-state index contributed by atoms with van der Waals surface area (Å²) < 4.78 is 32.8. The molecule has 0 aliphatic heterocycles. The molecule has 0 atom stereocenters. The first-order valence-electron chi connectivity index (χ1n) is 6.52. The van der Waals surface area contributed by atoms with Gasteiger partial charge in [0.1, 0.15) is 5.76 Å². The Hall–Kier alpha value is -2.09. The van der Waals surface area contributed by atoms with Crippen LogP contribution in [-0.2, 0) is 16.6 Å². The molecule has 2 aromatic heterocycles. The minimum atomic E-state index is -3.63. The fourth-order valence-corrected chi connectivity index (χ4v) is 4.16. The summed E-state index contributed by atoms with van der Waals surface area (Å²) in [6, 6.07) is 10.5. The number of anilines is 1. The average molecular weight is 334 g/mol. The molecule has 0 saturated heterocycles. The Morgan fingerprint density at radius 3 is 2.73 bits per heavy atom. The fraction of sp³-hybridized carbons (Fsp3) is 0.0667. The van der Waals surface area contributed by atoms with Crippen LogP contribution >= 0.6 is 11.3 Å². The highest BCUT2D eigenvalue weighted by Gasteiger charge is 2.18. The molecule has 0 aliphatic carbocycles. The van der Waals surface area contributed by atoms with Gasteiger partial charge < -0.3 is 10.2 Å². The van der Waals surface area contributed by atoms with Gasteiger partial charge in [-0.25, -0.2) is 8.42 Å². The van der Waals surface area contributed by atoms with Gasteiger partial charge >= 0.3 is 0 Å². The van der Waals surface area contributed by atoms with E-state index in [1.807, 2.05) is 6.07 Å². The molecule has 3 N–H and O–H groups in total. The SMILES string of the molecule is NCc1ccc(-c2ccco2)c(NS(=O)(=O)c2ccsc2)c1. The normalized spacial score (nSPS) is 11.5. The molecule has 0 bridgehead atoms. The van der Waals surface area contributed by atoms with Crippen molar-refractivity contribution in [3.63, 3.8) is 0 Å². The van der Waals surface area contributed by atoms with E-state index in [-0.39, 0.29) is 4.90 Å². The Morgan fingerprint density at radius 2 is 2.09 bits per heavy atom. The van der Waals surface area contributed by atoms with Gasteiger partial charge in [0.15, 0.2) is 0 Å². The minimum absolute atomic E-state index is 0.237. The van der Waals surface area contributed by atoms with Gasteiger partial charge in [0.2, 0.25) is 0 Å². The summed E-state index contributed by atoms with van der Waals surface area (Å²) in [5.74, 6) is 0.589. The summed E-state index contributed by atoms with van der Waals surface area (Å²) in [7, 11) is -3.63. The van der Waals surface area contributed by atoms with Crippen LogP contribution in [0.4, 0.5) is 5.69 Å². The van der Waals surface area contributed by atoms with Crippen LogP contribution in [0.1, 0.15) is 5.56 Å². The lowest BCUT2D eigenvalue weighted by Crippen LogP contribution is -2.13. The quantitative estimate of drug-likeness (QED) is 0.750. The summed E-state index contributed by atoms with van der Waals surface area (Å²) >= 11 is 1.33. The summed E-state index contributed by atoms with van der Waals surface area (Å²) in [6.07, 6.45) is 1.54. The molecule has 1 aromatic carbocycles. The predicted molar refractivity (Wildman–Crippen MR) is 87.2 cm³/mol. The maximum Gasteiger partial charge on any atom is 0.262 e. The van der Waals surface area contributed by atoms with Crippen molar-refractivity contribution in [3.8, 4) is 11.3 Å². The molecule has 5 nitrogen and oxygen atoms in total. The molecular formula is C15H14N2O3S2. The monoisotopic (exact) mass is 334 g/mol. The Morgan fingerprint density at radius 1 is 1.23 bits per heavy atom. The van der Waals surface area contributed by atoms with Crippen molar-refractivity contribution in [2.24, 2.45) is 5.73 Å². The Kier molecular flexibility index (Phi) is 4.02. The van der Waals surface area contributed by atoms with Crippen LogP contribution in [-0.4, -0.2) is 8.42 Å². The molecule has 114 valence electrons. The van der Waals surface area contributed by atoms with Crippen LogP contribution in [0.5, 0.6) is 0 Å². The van der Waals surface area contributed by atoms with Crippen LogP contribution in [0.2, 0.25) is 0 Å². The zero-order chi connectivity index (χ0) is 15.6. The maximum absolute atomic E-state index is 12.4. The molecule has 0 saturated carbocycles. The van der Waals surface area contributed by atoms with Gasteiger partial charge in [0.25, 0.3) is 10.0 Å². The van der Waals surface area contributed by atoms with E-state index in [9.17, 15) is 8.42 Å². The van der Waals surface area contributed by atoms with Gasteiger partial charge in [-0.3, -0.25) is 4.72 Å². The molecule has 0 radical (unpaired) electrons. The second kappa shape index (κ2) is 5.96. The Bertz CT molecular complexity index is 854. The van der Waals surface area contributed by atoms with Gasteiger partial charge in [-0.1, -0.05) is 6.07 Å². The third-order valence-electron chi connectivity index (χ3n) is 3.16. The summed E-state index contributed by atoms with van der Waals surface area (Å²) in [6.45, 7) is 0.325. The molecule has 3 rings (SSSR count). The lowest BCUT2D eigenvalue weighted by Gasteiger charge is -2.12. The first kappa shape index (κ1) is 14.8. The van der Waals surface area contributed by atoms with Crippen LogP contribution in [0.15, 0.2) is 62.7 Å². The van der Waals surface area contributed by atoms with Gasteiger partial charge in [0.05, 0.1) is 16.8 Å². The van der Waals surface area contributed by atoms with Crippen LogP contribution in [0, 0.1) is 0 Å². The molecule has 2 heterocycles. The second-order valence-electron chi connectivity index (χ2n) is 4.63. The van der Waals surface area contributed by atoms with Crippen molar-refractivity contribution in [3.05, 3.63) is 59.0 Å². The maximum atomic E-state index is 12.4. The number of furan rings is 1. The van der Waals surface area contributed by atoms with Crippen molar-refractivity contribution in [1.82, 2.24) is 0 Å². The second-order valence-corrected chi connectivity index (χ2v) is 7.09. The van der Waals surface area contributed by atoms with E-state index >= 15 is 0 Å². The first-order chi connectivity index (χ1) is 10.6. The van der Waals surface area contributed by atoms with Crippen molar-refractivity contribution in [2.75, 3.05) is 4.72 Å². The highest BCUT2D eigenvalue weighted by Crippen LogP contribution is 2.31. The molecule has 0 fully saturated rings. The van der Waals surface area contributed by atoms with Crippen LogP contribution < -0.4 is 10.5 Å². The minimum Gasteiger partial charge on any atom is -0.464 e. The molecule has 22 heavy (non-hydrogen) atoms. The lowest BCUT2D eigenvalue weighted by atomic mass is 10.1. The fourth-order valence-electron chi connectivity index (χ4n) is 2.06. The van der Waals surface area contributed by atoms with E-state index in [1.165, 1.54) is 11.3 Å². The van der Waals surface area contributed by atoms with Crippen molar-refractivity contribution >= 4 is 27.0 Å². The van der Waals surface area contributed by atoms with E-state index in [0.29, 0.717) is 23.6 Å². The topological polar surface area (TPSA) is 85.3 Å². The number of hydrogen-bond acceptors (Lipinski definition) is 5. The highest BCUT2D eigenvalue weighted by molar-refractivity contribution is 7.92. The molecule has 3 aromatic rings. The molecule has 0 unspecified atom stereocenters. The molecule has 0 amide bonds. The third kappa shape index (κ3) is 2.92. The molecule has 7 heteroatoms. The summed E-state index contributed by atoms with van der Waals surface area (Å²) in [5.41, 5.74) is 7.59. The van der Waals surface area contributed by atoms with Crippen molar-refractivity contribution < 1.29 is 12.8 Å². The van der Waals surface area contributed by atoms with Gasteiger partial charge in [-0.05, 0) is 41.3 Å². The van der Waals surface area contributed by atoms with E-state index in [4.69, 9.17) is 10.2 Å². The standard InChI is InChI=1S/C15H14N2O3S2/c16-9-11-3-4-13(15-2-1-6-20-15)14(8-11)17-22(18,19)12-5-7-21-10-12/h1-8,10,17H,9,16H2. The van der Waals surface area contributed by atoms with Crippen molar-refractivity contribution in [1.29, 1.82) is 0 Å². The number of rotatable bonds is 5. The zero-order valence-corrected chi connectivity index (χ0v) is 13.2. The number of hydrogen-bond donors (Lipinski definition) is 2. The van der Waals surface area contributed by atoms with Crippen LogP contribution in [0.3, 0.4) is 0 Å². The molecular weight excluding hydrogens is 320 g/mol. The lowest BCUT2D eigenvalue weighted by molar-refractivity contribution is 0.582. The number of thiophene rings is 1. The number of nitrogens with two attached hydrogens (primary N) is 1. The van der Waals surface area contributed by atoms with E-state index in [1.54, 1.807) is 47.4 Å². The molecule has 0 aliphatic rings. The average Bonchev–Trinajstić information content (AvgIpc) is 3.20. The largest absolute Gasteiger partial charge is 0.464 e. The van der Waals surface area contributed by atoms with Gasteiger partial charge in [-0.15, -0.1) is 0 Å². The highest BCUT2D eigenvalue weighted by atomic mass is 32.2. The Balaban J connectivity index is 2.05. The van der Waals surface area contributed by atoms with Crippen LogP contribution in [0.25, 0.3) is 11.3 Å². The smallest absolute Gasteiger partial charge is 0.262 e. The summed E-state index contributed by atoms with van der Waals surface area (Å²) in [4.78, 5) is 0.237. The third-order valence-corrected chi connectivity index (χ3v) is 5.35.